The molecule has 1 aromatic heterocycles. The summed E-state index contributed by atoms with van der Waals surface area (Å²) in [6.07, 6.45) is 3.09. The predicted molar refractivity (Wildman–Crippen MR) is 105 cm³/mol. The van der Waals surface area contributed by atoms with Crippen LogP contribution in [0.3, 0.4) is 0 Å². The van der Waals surface area contributed by atoms with Gasteiger partial charge in [-0.25, -0.2) is 9.97 Å². The highest BCUT2D eigenvalue weighted by atomic mass is 35.5. The van der Waals surface area contributed by atoms with Gasteiger partial charge in [0.15, 0.2) is 0 Å². The highest BCUT2D eigenvalue weighted by Crippen LogP contribution is 2.38. The van der Waals surface area contributed by atoms with Gasteiger partial charge in [-0.3, -0.25) is 10.1 Å². The minimum atomic E-state index is -0.480. The first kappa shape index (κ1) is 18.3. The number of fused-ring (bicyclic) bond motifs is 1. The zero-order chi connectivity index (χ0) is 19.7. The van der Waals surface area contributed by atoms with Crippen LogP contribution in [-0.4, -0.2) is 14.9 Å². The molecular formula is C19H14ClN5O2. The number of aromatic nitrogens is 2. The number of benzene rings is 2. The van der Waals surface area contributed by atoms with Crippen molar-refractivity contribution >= 4 is 40.1 Å². The smallest absolute Gasteiger partial charge is 0.270 e. The number of hydrogen-bond donors (Lipinski definition) is 1. The van der Waals surface area contributed by atoms with Gasteiger partial charge in [0.2, 0.25) is 5.28 Å². The van der Waals surface area contributed by atoms with Crippen molar-refractivity contribution in [2.75, 3.05) is 5.73 Å². The van der Waals surface area contributed by atoms with Gasteiger partial charge in [-0.05, 0) is 53.8 Å². The third-order valence-corrected chi connectivity index (χ3v) is 4.34. The van der Waals surface area contributed by atoms with Crippen molar-refractivity contribution in [3.8, 4) is 17.2 Å². The number of allylic oxidation sites excluding steroid dienone is 1. The van der Waals surface area contributed by atoms with Crippen LogP contribution >= 0.6 is 11.6 Å². The van der Waals surface area contributed by atoms with Crippen LogP contribution in [0.4, 0.5) is 11.5 Å². The van der Waals surface area contributed by atoms with Crippen LogP contribution in [0.5, 0.6) is 0 Å². The summed E-state index contributed by atoms with van der Waals surface area (Å²) in [6, 6.07) is 8.56. The maximum atomic E-state index is 11.4. The Hall–Kier alpha value is -3.50. The molecule has 134 valence electrons. The van der Waals surface area contributed by atoms with E-state index in [1.165, 1.54) is 18.2 Å². The lowest BCUT2D eigenvalue weighted by Crippen LogP contribution is -2.00. The molecule has 3 aromatic rings. The average molecular weight is 380 g/mol. The van der Waals surface area contributed by atoms with Crippen molar-refractivity contribution in [3.05, 3.63) is 62.4 Å². The molecule has 0 amide bonds. The molecule has 2 N–H and O–H groups in total. The van der Waals surface area contributed by atoms with Crippen LogP contribution in [0.15, 0.2) is 30.3 Å². The molecule has 0 aliphatic heterocycles. The summed E-state index contributed by atoms with van der Waals surface area (Å²) in [5.41, 5.74) is 10.2. The summed E-state index contributed by atoms with van der Waals surface area (Å²) in [7, 11) is 0. The van der Waals surface area contributed by atoms with Crippen molar-refractivity contribution in [2.24, 2.45) is 0 Å². The van der Waals surface area contributed by atoms with E-state index >= 15 is 0 Å². The van der Waals surface area contributed by atoms with Crippen LogP contribution in [0, 0.1) is 35.3 Å². The zero-order valence-corrected chi connectivity index (χ0v) is 15.3. The SMILES string of the molecule is Cc1cc(C=CC#N)cc(C)c1-c1cc([N+](=O)[O-])cc2c(N)nc(Cl)nc12. The molecule has 27 heavy (non-hydrogen) atoms. The summed E-state index contributed by atoms with van der Waals surface area (Å²) in [5.74, 6) is 0.0822. The number of rotatable bonds is 3. The Morgan fingerprint density at radius 1 is 1.22 bits per heavy atom. The first-order valence-corrected chi connectivity index (χ1v) is 8.28. The van der Waals surface area contributed by atoms with Crippen LogP contribution in [0.1, 0.15) is 16.7 Å². The second-order valence-corrected chi connectivity index (χ2v) is 6.35. The molecular weight excluding hydrogens is 366 g/mol. The van der Waals surface area contributed by atoms with E-state index in [0.717, 1.165) is 22.3 Å². The number of anilines is 1. The number of non-ortho nitro benzene ring substituents is 1. The third-order valence-electron chi connectivity index (χ3n) is 4.17. The number of nitro benzene ring substituents is 1. The molecule has 3 rings (SSSR count). The molecule has 1 heterocycles. The molecule has 0 bridgehead atoms. The fourth-order valence-electron chi connectivity index (χ4n) is 3.16. The van der Waals surface area contributed by atoms with Gasteiger partial charge in [-0.2, -0.15) is 5.26 Å². The lowest BCUT2D eigenvalue weighted by atomic mass is 9.91. The van der Waals surface area contributed by atoms with Gasteiger partial charge in [0.05, 0.1) is 21.9 Å². The number of nitriles is 1. The molecule has 0 spiro atoms. The van der Waals surface area contributed by atoms with E-state index in [4.69, 9.17) is 22.6 Å². The van der Waals surface area contributed by atoms with Crippen LogP contribution in [0.25, 0.3) is 28.1 Å². The monoisotopic (exact) mass is 379 g/mol. The largest absolute Gasteiger partial charge is 0.383 e. The summed E-state index contributed by atoms with van der Waals surface area (Å²) < 4.78 is 0. The number of halogens is 1. The second-order valence-electron chi connectivity index (χ2n) is 6.02. The first-order valence-electron chi connectivity index (χ1n) is 7.90. The number of nitrogens with two attached hydrogens (primary N) is 1. The summed E-state index contributed by atoms with van der Waals surface area (Å²) in [5, 5.41) is 20.5. The molecule has 0 saturated carbocycles. The Balaban J connectivity index is 2.39. The number of nitro groups is 1. The molecule has 2 aromatic carbocycles. The molecule has 8 heteroatoms. The Morgan fingerprint density at radius 2 is 1.89 bits per heavy atom. The van der Waals surface area contributed by atoms with Crippen molar-refractivity contribution in [3.63, 3.8) is 0 Å². The summed E-state index contributed by atoms with van der Waals surface area (Å²) in [4.78, 5) is 19.1. The maximum Gasteiger partial charge on any atom is 0.270 e. The first-order chi connectivity index (χ1) is 12.8. The Kier molecular flexibility index (Phi) is 4.75. The van der Waals surface area contributed by atoms with Gasteiger partial charge in [0, 0.05) is 23.8 Å². The average Bonchev–Trinajstić information content (AvgIpc) is 2.59. The van der Waals surface area contributed by atoms with Crippen LogP contribution < -0.4 is 5.73 Å². The molecule has 0 aliphatic rings. The Bertz CT molecular complexity index is 1140. The van der Waals surface area contributed by atoms with E-state index in [-0.39, 0.29) is 16.8 Å². The van der Waals surface area contributed by atoms with Crippen molar-refractivity contribution < 1.29 is 4.92 Å². The molecule has 0 atom stereocenters. The quantitative estimate of drug-likeness (QED) is 0.307. The highest BCUT2D eigenvalue weighted by Gasteiger charge is 2.19. The van der Waals surface area contributed by atoms with Crippen LogP contribution in [-0.2, 0) is 0 Å². The fourth-order valence-corrected chi connectivity index (χ4v) is 3.33. The minimum absolute atomic E-state index is 0.0287. The number of nitrogen functional groups attached to an aromatic ring is 1. The van der Waals surface area contributed by atoms with E-state index in [9.17, 15) is 10.1 Å². The Morgan fingerprint density at radius 3 is 2.48 bits per heavy atom. The van der Waals surface area contributed by atoms with E-state index in [1.54, 1.807) is 6.08 Å². The molecule has 0 fully saturated rings. The normalized spacial score (nSPS) is 11.0. The lowest BCUT2D eigenvalue weighted by Gasteiger charge is -2.14. The van der Waals surface area contributed by atoms with Gasteiger partial charge in [0.25, 0.3) is 5.69 Å². The van der Waals surface area contributed by atoms with Crippen molar-refractivity contribution in [1.29, 1.82) is 5.26 Å². The number of aryl methyl sites for hydroxylation is 2. The van der Waals surface area contributed by atoms with E-state index < -0.39 is 4.92 Å². The predicted octanol–water partition coefficient (Wildman–Crippen LogP) is 4.59. The number of nitrogens with zero attached hydrogens (tertiary/aromatic N) is 4. The van der Waals surface area contributed by atoms with E-state index in [2.05, 4.69) is 9.97 Å². The summed E-state index contributed by atoms with van der Waals surface area (Å²) in [6.45, 7) is 3.78. The van der Waals surface area contributed by atoms with Gasteiger partial charge >= 0.3 is 0 Å². The van der Waals surface area contributed by atoms with Crippen molar-refractivity contribution in [1.82, 2.24) is 9.97 Å². The van der Waals surface area contributed by atoms with E-state index in [1.807, 2.05) is 32.0 Å². The second kappa shape index (κ2) is 7.02. The highest BCUT2D eigenvalue weighted by molar-refractivity contribution is 6.29. The van der Waals surface area contributed by atoms with Gasteiger partial charge in [-0.1, -0.05) is 12.1 Å². The van der Waals surface area contributed by atoms with E-state index in [0.29, 0.717) is 16.5 Å². The molecule has 0 saturated heterocycles. The summed E-state index contributed by atoms with van der Waals surface area (Å²) >= 11 is 5.97. The molecule has 0 unspecified atom stereocenters. The van der Waals surface area contributed by atoms with Gasteiger partial charge in [0.1, 0.15) is 5.82 Å². The van der Waals surface area contributed by atoms with Gasteiger partial charge < -0.3 is 5.73 Å². The molecule has 7 nitrogen and oxygen atoms in total. The number of hydrogen-bond acceptors (Lipinski definition) is 6. The molecule has 0 aliphatic carbocycles. The Labute approximate surface area is 159 Å². The molecule has 0 radical (unpaired) electrons. The van der Waals surface area contributed by atoms with Crippen molar-refractivity contribution in [2.45, 2.75) is 13.8 Å². The van der Waals surface area contributed by atoms with Crippen LogP contribution in [0.2, 0.25) is 5.28 Å². The maximum absolute atomic E-state index is 11.4. The lowest BCUT2D eigenvalue weighted by molar-refractivity contribution is -0.384. The minimum Gasteiger partial charge on any atom is -0.383 e. The van der Waals surface area contributed by atoms with Gasteiger partial charge in [-0.15, -0.1) is 0 Å². The zero-order valence-electron chi connectivity index (χ0n) is 14.5. The topological polar surface area (TPSA) is 119 Å². The third kappa shape index (κ3) is 3.43. The fraction of sp³-hybridized carbons (Fsp3) is 0.105. The standard InChI is InChI=1S/C19H14ClN5O2/c1-10-6-12(4-3-5-21)7-11(2)16(10)14-8-13(25(26)27)9-15-17(14)23-19(20)24-18(15)22/h3-4,6-9H,1-2H3,(H2,22,23,24).